The quantitative estimate of drug-likeness (QED) is 0.406. The van der Waals surface area contributed by atoms with E-state index in [0.717, 1.165) is 6.08 Å². The van der Waals surface area contributed by atoms with Gasteiger partial charge >= 0.3 is 0 Å². The highest BCUT2D eigenvalue weighted by Crippen LogP contribution is 2.28. The van der Waals surface area contributed by atoms with Crippen molar-refractivity contribution in [3.63, 3.8) is 0 Å². The van der Waals surface area contributed by atoms with Crippen LogP contribution in [0.4, 0.5) is 13.2 Å². The number of halogens is 3. The zero-order valence-electron chi connectivity index (χ0n) is 17.7. The second-order valence-electron chi connectivity index (χ2n) is 7.37. The van der Waals surface area contributed by atoms with Gasteiger partial charge in [-0.05, 0) is 44.3 Å². The lowest BCUT2D eigenvalue weighted by Gasteiger charge is -2.35. The molecule has 0 bridgehead atoms. The number of thiocarbonyl (C=S) groups is 1. The summed E-state index contributed by atoms with van der Waals surface area (Å²) in [6.45, 7) is 5.14. The Bertz CT molecular complexity index is 1060. The van der Waals surface area contributed by atoms with Crippen molar-refractivity contribution >= 4 is 33.2 Å². The van der Waals surface area contributed by atoms with E-state index in [1.165, 1.54) is 13.0 Å². The van der Waals surface area contributed by atoms with Crippen molar-refractivity contribution in [1.82, 2.24) is 15.4 Å². The van der Waals surface area contributed by atoms with Gasteiger partial charge < -0.3 is 5.32 Å². The zero-order chi connectivity index (χ0) is 24.0. The van der Waals surface area contributed by atoms with Crippen LogP contribution in [0.15, 0.2) is 70.9 Å². The number of carbonyl (C=O) groups is 1. The molecule has 3 N–H and O–H groups in total. The molecule has 6 nitrogen and oxygen atoms in total. The van der Waals surface area contributed by atoms with Gasteiger partial charge in [0.25, 0.3) is 11.8 Å². The van der Waals surface area contributed by atoms with E-state index < -0.39 is 52.0 Å². The monoisotopic (exact) mass is 486 g/mol. The number of nitrogens with one attached hydrogen (secondary N) is 3. The van der Waals surface area contributed by atoms with Crippen molar-refractivity contribution in [1.29, 1.82) is 0 Å². The van der Waals surface area contributed by atoms with Gasteiger partial charge in [0.15, 0.2) is 5.11 Å². The second-order valence-corrected chi connectivity index (χ2v) is 9.90. The Hall–Kier alpha value is -2.50. The first-order valence-electron chi connectivity index (χ1n) is 9.59. The van der Waals surface area contributed by atoms with Gasteiger partial charge in [0.2, 0.25) is 0 Å². The molecule has 11 heteroatoms. The lowest BCUT2D eigenvalue weighted by atomic mass is 9.94. The van der Waals surface area contributed by atoms with Crippen LogP contribution < -0.4 is 15.4 Å². The SMILES string of the molecule is C=C(/C(F)=C\C=C/C)[C@](C)(CS1(=O)=NCC(F)(F)CN1)NC(=S)NC(=O)c1ccccc1. The third kappa shape index (κ3) is 7.01. The van der Waals surface area contributed by atoms with Crippen LogP contribution in [-0.2, 0) is 9.92 Å². The summed E-state index contributed by atoms with van der Waals surface area (Å²) in [4.78, 5) is 12.4. The number of alkyl halides is 2. The van der Waals surface area contributed by atoms with Gasteiger partial charge in [-0.15, -0.1) is 0 Å². The Kier molecular flexibility index (Phi) is 8.38. The number of rotatable bonds is 7. The van der Waals surface area contributed by atoms with Crippen LogP contribution in [0.25, 0.3) is 0 Å². The third-order valence-electron chi connectivity index (χ3n) is 4.59. The number of amides is 1. The molecule has 1 unspecified atom stereocenters. The molecule has 0 aromatic heterocycles. The van der Waals surface area contributed by atoms with E-state index >= 15 is 0 Å². The number of carbonyl (C=O) groups excluding carboxylic acids is 1. The van der Waals surface area contributed by atoms with E-state index in [0.29, 0.717) is 5.56 Å². The molecule has 174 valence electrons. The summed E-state index contributed by atoms with van der Waals surface area (Å²) in [7, 11) is -3.36. The van der Waals surface area contributed by atoms with Gasteiger partial charge in [-0.25, -0.2) is 26.5 Å². The Morgan fingerprint density at radius 2 is 2.06 bits per heavy atom. The highest BCUT2D eigenvalue weighted by molar-refractivity contribution is 7.91. The minimum Gasteiger partial charge on any atom is -0.352 e. The predicted octanol–water partition coefficient (Wildman–Crippen LogP) is 3.66. The number of benzene rings is 1. The molecule has 1 heterocycles. The van der Waals surface area contributed by atoms with E-state index in [-0.39, 0.29) is 10.7 Å². The summed E-state index contributed by atoms with van der Waals surface area (Å²) in [6.07, 6.45) is 4.20. The third-order valence-corrected chi connectivity index (χ3v) is 6.90. The van der Waals surface area contributed by atoms with E-state index in [9.17, 15) is 22.2 Å². The van der Waals surface area contributed by atoms with E-state index in [4.69, 9.17) is 12.2 Å². The minimum atomic E-state index is -3.36. The Morgan fingerprint density at radius 1 is 1.41 bits per heavy atom. The summed E-state index contributed by atoms with van der Waals surface area (Å²) in [5.41, 5.74) is -1.32. The molecule has 2 rings (SSSR count). The summed E-state index contributed by atoms with van der Waals surface area (Å²) in [5.74, 6) is -4.80. The van der Waals surface area contributed by atoms with Crippen molar-refractivity contribution in [2.24, 2.45) is 4.36 Å². The second kappa shape index (κ2) is 10.4. The maximum Gasteiger partial charge on any atom is 0.281 e. The smallest absolute Gasteiger partial charge is 0.281 e. The fraction of sp³-hybridized carbons (Fsp3) is 0.333. The zero-order valence-corrected chi connectivity index (χ0v) is 19.3. The molecule has 0 spiro atoms. The van der Waals surface area contributed by atoms with Crippen LogP contribution in [-0.4, -0.2) is 45.5 Å². The van der Waals surface area contributed by atoms with Crippen LogP contribution in [0, 0.1) is 0 Å². The first-order chi connectivity index (χ1) is 14.9. The lowest BCUT2D eigenvalue weighted by Crippen LogP contribution is -2.58. The van der Waals surface area contributed by atoms with Crippen molar-refractivity contribution in [2.75, 3.05) is 18.8 Å². The highest BCUT2D eigenvalue weighted by atomic mass is 32.2. The molecule has 1 aliphatic rings. The standard InChI is InChI=1S/C21H25F3N4O2S2/c1-4-5-11-17(22)15(2)20(3,14-32(30)25-12-21(23,24)13-26-32)28-19(31)27-18(29)16-9-7-6-8-10-16/h4-11H,2,12-14H2,1,3H3,(H,25,26,30)(H2,27,28,29,31)/b5-4-,17-11+/t20-/m0/s1. The van der Waals surface area contributed by atoms with Gasteiger partial charge in [0.1, 0.15) is 22.3 Å². The number of hydrogen-bond donors (Lipinski definition) is 3. The summed E-state index contributed by atoms with van der Waals surface area (Å²) < 4.78 is 60.6. The van der Waals surface area contributed by atoms with Gasteiger partial charge in [0, 0.05) is 11.1 Å². The molecule has 1 amide bonds. The molecular weight excluding hydrogens is 461 g/mol. The number of nitrogens with zero attached hydrogens (tertiary/aromatic N) is 1. The first kappa shape index (κ1) is 25.8. The molecule has 0 aliphatic carbocycles. The van der Waals surface area contributed by atoms with Crippen LogP contribution in [0.2, 0.25) is 0 Å². The topological polar surface area (TPSA) is 82.6 Å². The predicted molar refractivity (Wildman–Crippen MR) is 124 cm³/mol. The van der Waals surface area contributed by atoms with Crippen molar-refractivity contribution in [3.8, 4) is 0 Å². The largest absolute Gasteiger partial charge is 0.352 e. The van der Waals surface area contributed by atoms with Crippen molar-refractivity contribution < 1.29 is 22.2 Å². The van der Waals surface area contributed by atoms with Crippen LogP contribution in [0.5, 0.6) is 0 Å². The molecule has 0 saturated carbocycles. The van der Waals surface area contributed by atoms with Gasteiger partial charge in [-0.1, -0.05) is 36.9 Å². The Balaban J connectivity index is 2.30. The van der Waals surface area contributed by atoms with Gasteiger partial charge in [-0.2, -0.15) is 0 Å². The molecule has 0 radical (unpaired) electrons. The summed E-state index contributed by atoms with van der Waals surface area (Å²) in [5, 5.41) is 5.07. The molecule has 32 heavy (non-hydrogen) atoms. The average Bonchev–Trinajstić information content (AvgIpc) is 2.74. The van der Waals surface area contributed by atoms with Gasteiger partial charge in [0.05, 0.1) is 17.8 Å². The molecule has 2 atom stereocenters. The molecule has 1 aromatic rings. The van der Waals surface area contributed by atoms with Crippen LogP contribution >= 0.6 is 12.2 Å². The molecule has 0 saturated heterocycles. The Morgan fingerprint density at radius 3 is 2.62 bits per heavy atom. The molecule has 1 aromatic carbocycles. The summed E-state index contributed by atoms with van der Waals surface area (Å²) >= 11 is 5.21. The van der Waals surface area contributed by atoms with Crippen molar-refractivity contribution in [3.05, 3.63) is 72.1 Å². The maximum absolute atomic E-state index is 14.7. The van der Waals surface area contributed by atoms with E-state index in [1.54, 1.807) is 43.3 Å². The molecule has 1 aliphatic heterocycles. The maximum atomic E-state index is 14.7. The molecule has 0 fully saturated rings. The number of hydrogen-bond acceptors (Lipinski definition) is 4. The van der Waals surface area contributed by atoms with E-state index in [1.807, 2.05) is 0 Å². The fourth-order valence-corrected chi connectivity index (χ4v) is 5.26. The van der Waals surface area contributed by atoms with E-state index in [2.05, 4.69) is 26.3 Å². The fourth-order valence-electron chi connectivity index (χ4n) is 2.80. The lowest BCUT2D eigenvalue weighted by molar-refractivity contribution is 0.0151. The minimum absolute atomic E-state index is 0.135. The normalized spacial score (nSPS) is 22.5. The average molecular weight is 487 g/mol. The van der Waals surface area contributed by atoms with Crippen molar-refractivity contribution in [2.45, 2.75) is 25.3 Å². The van der Waals surface area contributed by atoms with Gasteiger partial charge in [-0.3, -0.25) is 10.1 Å². The number of allylic oxidation sites excluding steroid dienone is 3. The first-order valence-corrected chi connectivity index (χ1v) is 11.7. The van der Waals surface area contributed by atoms with Crippen LogP contribution in [0.1, 0.15) is 24.2 Å². The Labute approximate surface area is 191 Å². The highest BCUT2D eigenvalue weighted by Gasteiger charge is 2.40. The summed E-state index contributed by atoms with van der Waals surface area (Å²) in [6, 6.07) is 8.26. The molecular formula is C21H25F3N4O2S2. The van der Waals surface area contributed by atoms with Crippen LogP contribution in [0.3, 0.4) is 0 Å².